The second-order valence-electron chi connectivity index (χ2n) is 4.51. The molecule has 0 spiro atoms. The standard InChI is InChI=1S/C14H19ClO2/c1-3-11(2)12-4-6-13(7-5-12)14(10-15)16-8-9-17-14/h4-7,11H,3,8-10H2,1-2H3. The van der Waals surface area contributed by atoms with E-state index in [2.05, 4.69) is 38.1 Å². The fraction of sp³-hybridized carbons (Fsp3) is 0.571. The van der Waals surface area contributed by atoms with Gasteiger partial charge in [-0.2, -0.15) is 0 Å². The Morgan fingerprint density at radius 1 is 1.24 bits per heavy atom. The van der Waals surface area contributed by atoms with Crippen molar-refractivity contribution < 1.29 is 9.47 Å². The highest BCUT2D eigenvalue weighted by Crippen LogP contribution is 2.33. The lowest BCUT2D eigenvalue weighted by molar-refractivity contribution is -0.146. The molecule has 1 unspecified atom stereocenters. The van der Waals surface area contributed by atoms with Gasteiger partial charge in [0.25, 0.3) is 0 Å². The Hall–Kier alpha value is -0.570. The van der Waals surface area contributed by atoms with Gasteiger partial charge in [-0.05, 0) is 17.9 Å². The van der Waals surface area contributed by atoms with Gasteiger partial charge in [0.2, 0.25) is 5.79 Å². The molecule has 1 saturated heterocycles. The van der Waals surface area contributed by atoms with E-state index in [1.807, 2.05) is 0 Å². The highest BCUT2D eigenvalue weighted by molar-refractivity contribution is 6.18. The van der Waals surface area contributed by atoms with Gasteiger partial charge in [0.15, 0.2) is 0 Å². The molecule has 1 fully saturated rings. The number of rotatable bonds is 4. The van der Waals surface area contributed by atoms with Gasteiger partial charge >= 0.3 is 0 Å². The highest BCUT2D eigenvalue weighted by Gasteiger charge is 2.37. The molecule has 94 valence electrons. The van der Waals surface area contributed by atoms with Gasteiger partial charge in [0, 0.05) is 5.56 Å². The van der Waals surface area contributed by atoms with Crippen molar-refractivity contribution in [1.29, 1.82) is 0 Å². The van der Waals surface area contributed by atoms with Crippen molar-refractivity contribution >= 4 is 11.6 Å². The first-order valence-corrected chi connectivity index (χ1v) is 6.69. The van der Waals surface area contributed by atoms with Crippen LogP contribution in [0, 0.1) is 0 Å². The van der Waals surface area contributed by atoms with Gasteiger partial charge in [-0.15, -0.1) is 11.6 Å². The van der Waals surface area contributed by atoms with Crippen LogP contribution in [0.15, 0.2) is 24.3 Å². The Morgan fingerprint density at radius 3 is 2.29 bits per heavy atom. The summed E-state index contributed by atoms with van der Waals surface area (Å²) in [5, 5.41) is 0. The third kappa shape index (κ3) is 2.49. The smallest absolute Gasteiger partial charge is 0.208 e. The molecular weight excluding hydrogens is 236 g/mol. The maximum absolute atomic E-state index is 5.98. The third-order valence-corrected chi connectivity index (χ3v) is 3.81. The van der Waals surface area contributed by atoms with Gasteiger partial charge in [-0.25, -0.2) is 0 Å². The normalized spacial score (nSPS) is 20.4. The van der Waals surface area contributed by atoms with Crippen molar-refractivity contribution in [2.24, 2.45) is 0 Å². The van der Waals surface area contributed by atoms with Gasteiger partial charge in [0.05, 0.1) is 19.1 Å². The van der Waals surface area contributed by atoms with E-state index in [0.717, 1.165) is 12.0 Å². The van der Waals surface area contributed by atoms with Crippen LogP contribution >= 0.6 is 11.6 Å². The molecular formula is C14H19ClO2. The van der Waals surface area contributed by atoms with Crippen molar-refractivity contribution in [3.63, 3.8) is 0 Å². The van der Waals surface area contributed by atoms with Crippen molar-refractivity contribution in [2.75, 3.05) is 19.1 Å². The van der Waals surface area contributed by atoms with Crippen molar-refractivity contribution in [1.82, 2.24) is 0 Å². The van der Waals surface area contributed by atoms with E-state index < -0.39 is 5.79 Å². The minimum atomic E-state index is -0.727. The number of halogens is 1. The summed E-state index contributed by atoms with van der Waals surface area (Å²) in [7, 11) is 0. The monoisotopic (exact) mass is 254 g/mol. The van der Waals surface area contributed by atoms with Crippen LogP contribution in [0.4, 0.5) is 0 Å². The van der Waals surface area contributed by atoms with Crippen molar-refractivity contribution in [2.45, 2.75) is 32.0 Å². The molecule has 17 heavy (non-hydrogen) atoms. The van der Waals surface area contributed by atoms with Crippen LogP contribution in [0.1, 0.15) is 37.3 Å². The lowest BCUT2D eigenvalue weighted by Gasteiger charge is -2.25. The topological polar surface area (TPSA) is 18.5 Å². The molecule has 0 aromatic heterocycles. The molecule has 0 radical (unpaired) electrons. The second-order valence-corrected chi connectivity index (χ2v) is 4.78. The fourth-order valence-corrected chi connectivity index (χ4v) is 2.39. The molecule has 0 bridgehead atoms. The lowest BCUT2D eigenvalue weighted by Crippen LogP contribution is -2.29. The number of ether oxygens (including phenoxy) is 2. The zero-order valence-electron chi connectivity index (χ0n) is 10.4. The molecule has 1 aliphatic heterocycles. The van der Waals surface area contributed by atoms with Gasteiger partial charge in [-0.3, -0.25) is 0 Å². The number of alkyl halides is 1. The Morgan fingerprint density at radius 2 is 1.82 bits per heavy atom. The second kappa shape index (κ2) is 5.38. The van der Waals surface area contributed by atoms with Gasteiger partial charge in [0.1, 0.15) is 0 Å². The predicted octanol–water partition coefficient (Wildman–Crippen LogP) is 3.64. The Bertz CT molecular complexity index is 355. The fourth-order valence-electron chi connectivity index (χ4n) is 2.08. The number of hydrogen-bond donors (Lipinski definition) is 0. The van der Waals surface area contributed by atoms with Crippen LogP contribution in [-0.4, -0.2) is 19.1 Å². The SMILES string of the molecule is CCC(C)c1ccc(C2(CCl)OCCO2)cc1. The quantitative estimate of drug-likeness (QED) is 0.764. The molecule has 0 amide bonds. The zero-order valence-corrected chi connectivity index (χ0v) is 11.2. The maximum Gasteiger partial charge on any atom is 0.208 e. The van der Waals surface area contributed by atoms with Crippen LogP contribution in [0.5, 0.6) is 0 Å². The van der Waals surface area contributed by atoms with E-state index in [1.165, 1.54) is 5.56 Å². The molecule has 0 N–H and O–H groups in total. The van der Waals surface area contributed by atoms with Crippen LogP contribution in [0.3, 0.4) is 0 Å². The summed E-state index contributed by atoms with van der Waals surface area (Å²) < 4.78 is 11.3. The molecule has 3 heteroatoms. The summed E-state index contributed by atoms with van der Waals surface area (Å²) >= 11 is 5.98. The molecule has 1 aromatic carbocycles. The molecule has 0 saturated carbocycles. The molecule has 1 heterocycles. The van der Waals surface area contributed by atoms with E-state index in [-0.39, 0.29) is 0 Å². The van der Waals surface area contributed by atoms with Crippen molar-refractivity contribution in [3.8, 4) is 0 Å². The highest BCUT2D eigenvalue weighted by atomic mass is 35.5. The molecule has 1 aromatic rings. The average Bonchev–Trinajstić information content (AvgIpc) is 2.88. The minimum Gasteiger partial charge on any atom is -0.342 e. The molecule has 1 aliphatic rings. The minimum absolute atomic E-state index is 0.329. The van der Waals surface area contributed by atoms with Gasteiger partial charge < -0.3 is 9.47 Å². The van der Waals surface area contributed by atoms with Crippen LogP contribution in [-0.2, 0) is 15.3 Å². The van der Waals surface area contributed by atoms with Gasteiger partial charge in [-0.1, -0.05) is 38.1 Å². The maximum atomic E-state index is 5.98. The average molecular weight is 255 g/mol. The lowest BCUT2D eigenvalue weighted by atomic mass is 9.96. The van der Waals surface area contributed by atoms with Crippen LogP contribution < -0.4 is 0 Å². The van der Waals surface area contributed by atoms with Crippen molar-refractivity contribution in [3.05, 3.63) is 35.4 Å². The Labute approximate surface area is 108 Å². The summed E-state index contributed by atoms with van der Waals surface area (Å²) in [6.45, 7) is 5.65. The van der Waals surface area contributed by atoms with E-state index in [4.69, 9.17) is 21.1 Å². The Kier molecular flexibility index (Phi) is 4.08. The van der Waals surface area contributed by atoms with E-state index >= 15 is 0 Å². The predicted molar refractivity (Wildman–Crippen MR) is 69.5 cm³/mol. The molecule has 2 rings (SSSR count). The largest absolute Gasteiger partial charge is 0.342 e. The summed E-state index contributed by atoms with van der Waals surface area (Å²) in [5.41, 5.74) is 2.36. The summed E-state index contributed by atoms with van der Waals surface area (Å²) in [6, 6.07) is 8.41. The first-order valence-electron chi connectivity index (χ1n) is 6.16. The molecule has 0 aliphatic carbocycles. The van der Waals surface area contributed by atoms with Crippen LogP contribution in [0.25, 0.3) is 0 Å². The molecule has 1 atom stereocenters. The Balaban J connectivity index is 2.22. The van der Waals surface area contributed by atoms with E-state index in [1.54, 1.807) is 0 Å². The first-order chi connectivity index (χ1) is 8.22. The molecule has 2 nitrogen and oxygen atoms in total. The van der Waals surface area contributed by atoms with Crippen LogP contribution in [0.2, 0.25) is 0 Å². The summed E-state index contributed by atoms with van der Waals surface area (Å²) in [5.74, 6) is 0.187. The zero-order chi connectivity index (χ0) is 12.3. The first kappa shape index (κ1) is 12.9. The number of benzene rings is 1. The van der Waals surface area contributed by atoms with E-state index in [9.17, 15) is 0 Å². The summed E-state index contributed by atoms with van der Waals surface area (Å²) in [4.78, 5) is 0. The number of hydrogen-bond acceptors (Lipinski definition) is 2. The van der Waals surface area contributed by atoms with E-state index in [0.29, 0.717) is 25.0 Å². The summed E-state index contributed by atoms with van der Waals surface area (Å²) in [6.07, 6.45) is 1.15. The third-order valence-electron chi connectivity index (χ3n) is 3.46.